The number of carbonyl (C=O) groups excluding carboxylic acids is 2. The monoisotopic (exact) mass is 484 g/mol. The first kappa shape index (κ1) is 24.5. The first-order chi connectivity index (χ1) is 16.0. The highest BCUT2D eigenvalue weighted by Gasteiger charge is 2.23. The van der Waals surface area contributed by atoms with E-state index in [1.165, 1.54) is 38.0 Å². The van der Waals surface area contributed by atoms with Gasteiger partial charge in [-0.3, -0.25) is 28.8 Å². The molecule has 0 aliphatic rings. The molecule has 0 bridgehead atoms. The Balaban J connectivity index is 1.80. The molecule has 11 nitrogen and oxygen atoms in total. The number of nitro benzene ring substituents is 1. The Morgan fingerprint density at radius 1 is 1.09 bits per heavy atom. The minimum Gasteiger partial charge on any atom is -0.454 e. The average Bonchev–Trinajstić information content (AvgIpc) is 2.81. The van der Waals surface area contributed by atoms with E-state index in [1.54, 1.807) is 0 Å². The average molecular weight is 484 g/mol. The van der Waals surface area contributed by atoms with Crippen LogP contribution in [-0.2, 0) is 18.8 Å². The smallest absolute Gasteiger partial charge is 0.338 e. The number of carbonyl (C=O) groups is 2. The third-order valence-corrected chi connectivity index (χ3v) is 6.04. The summed E-state index contributed by atoms with van der Waals surface area (Å²) >= 11 is 1.17. The van der Waals surface area contributed by atoms with Gasteiger partial charge in [0.25, 0.3) is 11.2 Å². The molecule has 0 saturated heterocycles. The molecule has 0 unspecified atom stereocenters. The summed E-state index contributed by atoms with van der Waals surface area (Å²) in [6, 6.07) is 11.2. The fourth-order valence-electron chi connectivity index (χ4n) is 3.02. The normalized spacial score (nSPS) is 10.7. The number of Topliss-reactive ketones (excluding diaryl/α,β-unsaturated/α-hetero) is 1. The van der Waals surface area contributed by atoms with Crippen LogP contribution in [0, 0.1) is 17.0 Å². The van der Waals surface area contributed by atoms with Crippen LogP contribution in [0.5, 0.6) is 0 Å². The Bertz CT molecular complexity index is 1420. The van der Waals surface area contributed by atoms with E-state index in [9.17, 15) is 29.3 Å². The number of nitrogens with zero attached hydrogens (tertiary/aromatic N) is 3. The second-order valence-corrected chi connectivity index (χ2v) is 8.44. The molecule has 12 heteroatoms. The summed E-state index contributed by atoms with van der Waals surface area (Å²) < 4.78 is 6.59. The maximum absolute atomic E-state index is 12.5. The Hall–Kier alpha value is -4.19. The van der Waals surface area contributed by atoms with E-state index in [0.717, 1.165) is 21.1 Å². The highest BCUT2D eigenvalue weighted by molar-refractivity contribution is 7.99. The van der Waals surface area contributed by atoms with Crippen molar-refractivity contribution in [3.8, 4) is 0 Å². The number of hydrogen-bond acceptors (Lipinski definition) is 9. The summed E-state index contributed by atoms with van der Waals surface area (Å²) in [4.78, 5) is 61.1. The molecule has 0 aliphatic heterocycles. The van der Waals surface area contributed by atoms with Crippen LogP contribution in [-0.4, -0.2) is 32.4 Å². The van der Waals surface area contributed by atoms with Crippen molar-refractivity contribution >= 4 is 35.0 Å². The van der Waals surface area contributed by atoms with Gasteiger partial charge < -0.3 is 10.5 Å². The van der Waals surface area contributed by atoms with Crippen LogP contribution in [0.15, 0.2) is 61.8 Å². The lowest BCUT2D eigenvalue weighted by atomic mass is 10.2. The minimum absolute atomic E-state index is 0.144. The zero-order chi connectivity index (χ0) is 25.2. The maximum atomic E-state index is 12.5. The van der Waals surface area contributed by atoms with Crippen LogP contribution < -0.4 is 17.0 Å². The number of rotatable bonds is 7. The third-order valence-electron chi connectivity index (χ3n) is 4.96. The van der Waals surface area contributed by atoms with Crippen molar-refractivity contribution in [1.29, 1.82) is 0 Å². The van der Waals surface area contributed by atoms with Crippen molar-refractivity contribution in [3.63, 3.8) is 0 Å². The van der Waals surface area contributed by atoms with Crippen molar-refractivity contribution in [3.05, 3.63) is 90.1 Å². The molecule has 0 spiro atoms. The molecule has 2 aromatic carbocycles. The molecule has 3 rings (SSSR count). The van der Waals surface area contributed by atoms with Gasteiger partial charge >= 0.3 is 11.7 Å². The molecule has 1 heterocycles. The van der Waals surface area contributed by atoms with E-state index >= 15 is 0 Å². The maximum Gasteiger partial charge on any atom is 0.338 e. The van der Waals surface area contributed by atoms with Crippen molar-refractivity contribution in [2.45, 2.75) is 16.7 Å². The summed E-state index contributed by atoms with van der Waals surface area (Å²) in [6.45, 7) is 1.08. The number of hydrogen-bond donors (Lipinski definition) is 1. The van der Waals surface area contributed by atoms with E-state index in [0.29, 0.717) is 9.46 Å². The van der Waals surface area contributed by atoms with Crippen LogP contribution in [0.2, 0.25) is 0 Å². The van der Waals surface area contributed by atoms with Crippen molar-refractivity contribution in [1.82, 2.24) is 9.13 Å². The SMILES string of the molecule is Cc1ccc(Sc2ccc(C(=O)OCC(=O)c3c(N)n(C)c(=O)n(C)c3=O)cc2[N+](=O)[O-])cc1. The van der Waals surface area contributed by atoms with Crippen LogP contribution in [0.4, 0.5) is 11.5 Å². The summed E-state index contributed by atoms with van der Waals surface area (Å²) in [5.74, 6) is -2.27. The molecule has 0 radical (unpaired) electrons. The predicted molar refractivity (Wildman–Crippen MR) is 124 cm³/mol. The van der Waals surface area contributed by atoms with Crippen molar-refractivity contribution < 1.29 is 19.2 Å². The molecule has 34 heavy (non-hydrogen) atoms. The summed E-state index contributed by atoms with van der Waals surface area (Å²) in [5, 5.41) is 11.6. The molecular formula is C22H20N4O7S. The van der Waals surface area contributed by atoms with Crippen LogP contribution in [0.25, 0.3) is 0 Å². The topological polar surface area (TPSA) is 157 Å². The van der Waals surface area contributed by atoms with Gasteiger partial charge in [0, 0.05) is 25.1 Å². The highest BCUT2D eigenvalue weighted by Crippen LogP contribution is 2.35. The van der Waals surface area contributed by atoms with Gasteiger partial charge in [-0.1, -0.05) is 29.5 Å². The Labute approximate surface area is 196 Å². The number of anilines is 1. The number of nitrogens with two attached hydrogens (primary N) is 1. The Morgan fingerprint density at radius 2 is 1.74 bits per heavy atom. The molecule has 0 atom stereocenters. The molecule has 176 valence electrons. The number of aryl methyl sites for hydroxylation is 1. The largest absolute Gasteiger partial charge is 0.454 e. The standard InChI is InChI=1S/C22H20N4O7S/c1-12-4-7-14(8-5-12)34-17-9-6-13(10-15(17)26(31)32)21(29)33-11-16(27)18-19(23)24(2)22(30)25(3)20(18)28/h4-10H,11,23H2,1-3H3. The summed E-state index contributed by atoms with van der Waals surface area (Å²) in [5.41, 5.74) is 4.19. The lowest BCUT2D eigenvalue weighted by Crippen LogP contribution is -2.42. The zero-order valence-electron chi connectivity index (χ0n) is 18.4. The predicted octanol–water partition coefficient (Wildman–Crippen LogP) is 2.07. The fraction of sp³-hybridized carbons (Fsp3) is 0.182. The minimum atomic E-state index is -0.997. The van der Waals surface area contributed by atoms with E-state index in [-0.39, 0.29) is 17.1 Å². The zero-order valence-corrected chi connectivity index (χ0v) is 19.3. The molecule has 0 aliphatic carbocycles. The second-order valence-electron chi connectivity index (χ2n) is 7.32. The van der Waals surface area contributed by atoms with Gasteiger partial charge in [-0.15, -0.1) is 0 Å². The summed E-state index contributed by atoms with van der Waals surface area (Å²) in [6.07, 6.45) is 0. The van der Waals surface area contributed by atoms with E-state index in [2.05, 4.69) is 0 Å². The van der Waals surface area contributed by atoms with Crippen molar-refractivity contribution in [2.24, 2.45) is 14.1 Å². The highest BCUT2D eigenvalue weighted by atomic mass is 32.2. The number of nitro groups is 1. The van der Waals surface area contributed by atoms with Gasteiger partial charge in [-0.25, -0.2) is 9.59 Å². The van der Waals surface area contributed by atoms with Gasteiger partial charge in [0.05, 0.1) is 15.4 Å². The molecule has 0 saturated carbocycles. The van der Waals surface area contributed by atoms with Gasteiger partial charge in [0.2, 0.25) is 5.78 Å². The first-order valence-electron chi connectivity index (χ1n) is 9.80. The van der Waals surface area contributed by atoms with Gasteiger partial charge in [-0.05, 0) is 31.2 Å². The van der Waals surface area contributed by atoms with E-state index in [4.69, 9.17) is 10.5 Å². The lowest BCUT2D eigenvalue weighted by molar-refractivity contribution is -0.387. The molecular weight excluding hydrogens is 464 g/mol. The van der Waals surface area contributed by atoms with Crippen LogP contribution >= 0.6 is 11.8 Å². The molecule has 2 N–H and O–H groups in total. The molecule has 1 aromatic heterocycles. The van der Waals surface area contributed by atoms with Gasteiger partial charge in [-0.2, -0.15) is 0 Å². The molecule has 3 aromatic rings. The number of aromatic nitrogens is 2. The quantitative estimate of drug-likeness (QED) is 0.229. The number of esters is 1. The number of ketones is 1. The van der Waals surface area contributed by atoms with E-state index in [1.807, 2.05) is 31.2 Å². The summed E-state index contributed by atoms with van der Waals surface area (Å²) in [7, 11) is 2.47. The number of ether oxygens (including phenoxy) is 1. The Morgan fingerprint density at radius 3 is 2.35 bits per heavy atom. The van der Waals surface area contributed by atoms with Gasteiger partial charge in [0.1, 0.15) is 11.4 Å². The molecule has 0 fully saturated rings. The lowest BCUT2D eigenvalue weighted by Gasteiger charge is -2.11. The fourth-order valence-corrected chi connectivity index (χ4v) is 3.92. The third kappa shape index (κ3) is 4.91. The number of nitrogen functional groups attached to an aromatic ring is 1. The van der Waals surface area contributed by atoms with Crippen LogP contribution in [0.1, 0.15) is 26.3 Å². The second kappa shape index (κ2) is 9.75. The van der Waals surface area contributed by atoms with E-state index < -0.39 is 40.1 Å². The van der Waals surface area contributed by atoms with Crippen LogP contribution in [0.3, 0.4) is 0 Å². The van der Waals surface area contributed by atoms with Gasteiger partial charge in [0.15, 0.2) is 6.61 Å². The van der Waals surface area contributed by atoms with Crippen molar-refractivity contribution in [2.75, 3.05) is 12.3 Å². The Kier molecular flexibility index (Phi) is 7.01. The number of benzene rings is 2. The first-order valence-corrected chi connectivity index (χ1v) is 10.6. The molecule has 0 amide bonds.